The molecule has 0 aliphatic heterocycles. The van der Waals surface area contributed by atoms with E-state index in [1.54, 1.807) is 23.6 Å². The molecule has 0 amide bonds. The van der Waals surface area contributed by atoms with E-state index < -0.39 is 0 Å². The first-order chi connectivity index (χ1) is 10.2. The number of nitrogens with zero attached hydrogens (tertiary/aromatic N) is 2. The van der Waals surface area contributed by atoms with Gasteiger partial charge in [-0.25, -0.2) is 9.97 Å². The Kier molecular flexibility index (Phi) is 6.08. The average Bonchev–Trinajstić information content (AvgIpc) is 2.99. The normalized spacial score (nSPS) is 12.2. The second-order valence-corrected chi connectivity index (χ2v) is 6.29. The summed E-state index contributed by atoms with van der Waals surface area (Å²) in [6.45, 7) is 5.00. The molecule has 2 N–H and O–H groups in total. The molecule has 114 valence electrons. The minimum Gasteiger partial charge on any atom is -0.369 e. The molecule has 0 aromatic carbocycles. The predicted molar refractivity (Wildman–Crippen MR) is 91.8 cm³/mol. The molecule has 2 aromatic rings. The van der Waals surface area contributed by atoms with Crippen LogP contribution in [0, 0.1) is 0 Å². The Bertz CT molecular complexity index is 575. The molecule has 0 bridgehead atoms. The second kappa shape index (κ2) is 7.82. The maximum absolute atomic E-state index is 6.24. The number of hydrogen-bond acceptors (Lipinski definition) is 5. The first-order valence-corrected chi connectivity index (χ1v) is 8.55. The summed E-state index contributed by atoms with van der Waals surface area (Å²) in [7, 11) is 0. The Hall–Kier alpha value is -1.04. The van der Waals surface area contributed by atoms with Crippen LogP contribution in [0.15, 0.2) is 17.6 Å². The van der Waals surface area contributed by atoms with Crippen molar-refractivity contribution in [3.05, 3.63) is 32.7 Å². The fraction of sp³-hybridized carbons (Fsp3) is 0.429. The highest BCUT2D eigenvalue weighted by atomic mass is 35.5. The third-order valence-electron chi connectivity index (χ3n) is 2.94. The van der Waals surface area contributed by atoms with Crippen LogP contribution in [0.5, 0.6) is 0 Å². The van der Waals surface area contributed by atoms with Gasteiger partial charge in [-0.1, -0.05) is 37.0 Å². The molecule has 2 rings (SSSR count). The summed E-state index contributed by atoms with van der Waals surface area (Å²) < 4.78 is 0. The zero-order chi connectivity index (χ0) is 15.2. The SMILES string of the molecule is CCCNc1nc(NC(CC)c2nccs2)c(Cl)cc1Cl. The van der Waals surface area contributed by atoms with Crippen molar-refractivity contribution in [1.29, 1.82) is 0 Å². The smallest absolute Gasteiger partial charge is 0.147 e. The number of rotatable bonds is 7. The molecular formula is C14H18Cl2N4S. The van der Waals surface area contributed by atoms with Gasteiger partial charge in [-0.2, -0.15) is 0 Å². The first kappa shape index (κ1) is 16.3. The van der Waals surface area contributed by atoms with Crippen molar-refractivity contribution >= 4 is 46.2 Å². The topological polar surface area (TPSA) is 49.8 Å². The molecule has 0 saturated heterocycles. The Morgan fingerprint density at radius 2 is 2.00 bits per heavy atom. The van der Waals surface area contributed by atoms with Crippen LogP contribution in [0.3, 0.4) is 0 Å². The lowest BCUT2D eigenvalue weighted by atomic mass is 10.2. The molecule has 2 aromatic heterocycles. The quantitative estimate of drug-likeness (QED) is 0.721. The Labute approximate surface area is 138 Å². The molecular weight excluding hydrogens is 327 g/mol. The van der Waals surface area contributed by atoms with Crippen LogP contribution in [0.2, 0.25) is 10.0 Å². The summed E-state index contributed by atoms with van der Waals surface area (Å²) in [6, 6.07) is 1.81. The third kappa shape index (κ3) is 4.22. The van der Waals surface area contributed by atoms with Crippen molar-refractivity contribution in [3.8, 4) is 0 Å². The number of nitrogens with one attached hydrogen (secondary N) is 2. The van der Waals surface area contributed by atoms with Crippen LogP contribution in [-0.4, -0.2) is 16.5 Å². The summed E-state index contributed by atoms with van der Waals surface area (Å²) in [5.74, 6) is 1.28. The lowest BCUT2D eigenvalue weighted by molar-refractivity contribution is 0.737. The molecule has 7 heteroatoms. The largest absolute Gasteiger partial charge is 0.369 e. The summed E-state index contributed by atoms with van der Waals surface area (Å²) >= 11 is 14.0. The Morgan fingerprint density at radius 3 is 2.62 bits per heavy atom. The van der Waals surface area contributed by atoms with Gasteiger partial charge in [-0.15, -0.1) is 11.3 Å². The molecule has 0 spiro atoms. The van der Waals surface area contributed by atoms with Crippen LogP contribution < -0.4 is 10.6 Å². The first-order valence-electron chi connectivity index (χ1n) is 6.91. The van der Waals surface area contributed by atoms with Gasteiger partial charge in [-0.05, 0) is 18.9 Å². The maximum atomic E-state index is 6.24. The van der Waals surface area contributed by atoms with Gasteiger partial charge in [0, 0.05) is 18.1 Å². The monoisotopic (exact) mass is 344 g/mol. The van der Waals surface area contributed by atoms with Crippen molar-refractivity contribution in [1.82, 2.24) is 9.97 Å². The van der Waals surface area contributed by atoms with E-state index in [9.17, 15) is 0 Å². The summed E-state index contributed by atoms with van der Waals surface area (Å²) in [5.41, 5.74) is 0. The standard InChI is InChI=1S/C14H18Cl2N4S/c1-3-5-17-12-9(15)8-10(16)13(20-12)19-11(4-2)14-18-6-7-21-14/h6-8,11H,3-5H2,1-2H3,(H2,17,19,20). The van der Waals surface area contributed by atoms with Crippen LogP contribution in [0.1, 0.15) is 37.7 Å². The van der Waals surface area contributed by atoms with Gasteiger partial charge in [0.05, 0.1) is 16.1 Å². The zero-order valence-corrected chi connectivity index (χ0v) is 14.3. The minimum absolute atomic E-state index is 0.0928. The average molecular weight is 345 g/mol. The summed E-state index contributed by atoms with van der Waals surface area (Å²) in [5, 5.41) is 10.6. The van der Waals surface area contributed by atoms with E-state index in [0.717, 1.165) is 24.4 Å². The van der Waals surface area contributed by atoms with Gasteiger partial charge in [-0.3, -0.25) is 0 Å². The molecule has 0 saturated carbocycles. The highest BCUT2D eigenvalue weighted by Crippen LogP contribution is 2.32. The van der Waals surface area contributed by atoms with Crippen LogP contribution in [-0.2, 0) is 0 Å². The van der Waals surface area contributed by atoms with E-state index in [1.807, 2.05) is 5.38 Å². The Balaban J connectivity index is 2.22. The molecule has 0 fully saturated rings. The molecule has 2 heterocycles. The second-order valence-electron chi connectivity index (χ2n) is 4.55. The van der Waals surface area contributed by atoms with Gasteiger partial charge in [0.15, 0.2) is 0 Å². The summed E-state index contributed by atoms with van der Waals surface area (Å²) in [6.07, 6.45) is 3.70. The van der Waals surface area contributed by atoms with Gasteiger partial charge in [0.2, 0.25) is 0 Å². The lowest BCUT2D eigenvalue weighted by Crippen LogP contribution is -2.12. The third-order valence-corrected chi connectivity index (χ3v) is 4.41. The van der Waals surface area contributed by atoms with Gasteiger partial charge < -0.3 is 10.6 Å². The minimum atomic E-state index is 0.0928. The van der Waals surface area contributed by atoms with Crippen LogP contribution in [0.25, 0.3) is 0 Å². The van der Waals surface area contributed by atoms with Gasteiger partial charge in [0.25, 0.3) is 0 Å². The lowest BCUT2D eigenvalue weighted by Gasteiger charge is -2.17. The van der Waals surface area contributed by atoms with E-state index in [0.29, 0.717) is 21.7 Å². The predicted octanol–water partition coefficient (Wildman–Crippen LogP) is 5.23. The molecule has 4 nitrogen and oxygen atoms in total. The maximum Gasteiger partial charge on any atom is 0.147 e. The van der Waals surface area contributed by atoms with Crippen molar-refractivity contribution in [2.75, 3.05) is 17.2 Å². The van der Waals surface area contributed by atoms with E-state index in [1.165, 1.54) is 0 Å². The molecule has 1 atom stereocenters. The number of hydrogen-bond donors (Lipinski definition) is 2. The number of aromatic nitrogens is 2. The van der Waals surface area contributed by atoms with E-state index in [2.05, 4.69) is 34.4 Å². The number of halogens is 2. The van der Waals surface area contributed by atoms with Crippen molar-refractivity contribution in [2.45, 2.75) is 32.7 Å². The molecule has 21 heavy (non-hydrogen) atoms. The fourth-order valence-corrected chi connectivity index (χ4v) is 3.10. The fourth-order valence-electron chi connectivity index (χ4n) is 1.85. The molecule has 1 unspecified atom stereocenters. The molecule has 0 radical (unpaired) electrons. The summed E-state index contributed by atoms with van der Waals surface area (Å²) in [4.78, 5) is 8.84. The van der Waals surface area contributed by atoms with E-state index in [-0.39, 0.29) is 6.04 Å². The van der Waals surface area contributed by atoms with Crippen molar-refractivity contribution in [2.24, 2.45) is 0 Å². The number of thiazole rings is 1. The zero-order valence-electron chi connectivity index (χ0n) is 12.0. The number of pyridine rings is 1. The van der Waals surface area contributed by atoms with Crippen molar-refractivity contribution < 1.29 is 0 Å². The van der Waals surface area contributed by atoms with Gasteiger partial charge in [0.1, 0.15) is 16.6 Å². The highest BCUT2D eigenvalue weighted by molar-refractivity contribution is 7.09. The van der Waals surface area contributed by atoms with Crippen LogP contribution in [0.4, 0.5) is 11.6 Å². The Morgan fingerprint density at radius 1 is 1.24 bits per heavy atom. The van der Waals surface area contributed by atoms with E-state index >= 15 is 0 Å². The van der Waals surface area contributed by atoms with Crippen LogP contribution >= 0.6 is 34.5 Å². The highest BCUT2D eigenvalue weighted by Gasteiger charge is 2.16. The van der Waals surface area contributed by atoms with Crippen molar-refractivity contribution in [3.63, 3.8) is 0 Å². The van der Waals surface area contributed by atoms with Gasteiger partial charge >= 0.3 is 0 Å². The number of anilines is 2. The van der Waals surface area contributed by atoms with E-state index in [4.69, 9.17) is 23.2 Å². The molecule has 0 aliphatic rings. The molecule has 0 aliphatic carbocycles.